The van der Waals surface area contributed by atoms with E-state index in [-0.39, 0.29) is 0 Å². The normalized spacial score (nSPS) is 12.3. The lowest BCUT2D eigenvalue weighted by molar-refractivity contribution is 0.173. The maximum Gasteiger partial charge on any atom is 0.162 e. The van der Waals surface area contributed by atoms with Crippen LogP contribution < -0.4 is 9.47 Å². The number of rotatable bonds is 6. The lowest BCUT2D eigenvalue weighted by Gasteiger charge is -2.16. The molecule has 0 fully saturated rings. The SMILES string of the molecule is CCOc1cc(Cl)c(C(O)CC)cc1OCC. The van der Waals surface area contributed by atoms with Crippen molar-refractivity contribution in [2.75, 3.05) is 13.2 Å². The Bertz CT molecular complexity index is 366. The van der Waals surface area contributed by atoms with Crippen molar-refractivity contribution in [2.24, 2.45) is 0 Å². The summed E-state index contributed by atoms with van der Waals surface area (Å²) in [5.41, 5.74) is 0.682. The van der Waals surface area contributed by atoms with E-state index < -0.39 is 6.10 Å². The van der Waals surface area contributed by atoms with Crippen LogP contribution in [0.3, 0.4) is 0 Å². The van der Waals surface area contributed by atoms with Crippen molar-refractivity contribution in [3.63, 3.8) is 0 Å². The number of halogens is 1. The second kappa shape index (κ2) is 6.72. The summed E-state index contributed by atoms with van der Waals surface area (Å²) >= 11 is 6.12. The molecule has 1 atom stereocenters. The Hall–Kier alpha value is -0.930. The van der Waals surface area contributed by atoms with Gasteiger partial charge in [0.05, 0.1) is 24.3 Å². The second-order valence-corrected chi connectivity index (χ2v) is 4.02. The van der Waals surface area contributed by atoms with Gasteiger partial charge in [0.2, 0.25) is 0 Å². The highest BCUT2D eigenvalue weighted by atomic mass is 35.5. The molecule has 1 aromatic carbocycles. The van der Waals surface area contributed by atoms with Gasteiger partial charge in [-0.15, -0.1) is 0 Å². The van der Waals surface area contributed by atoms with E-state index in [0.717, 1.165) is 0 Å². The molecule has 3 nitrogen and oxygen atoms in total. The maximum absolute atomic E-state index is 9.84. The highest BCUT2D eigenvalue weighted by Crippen LogP contribution is 2.36. The van der Waals surface area contributed by atoms with Crippen molar-refractivity contribution in [2.45, 2.75) is 33.3 Å². The summed E-state index contributed by atoms with van der Waals surface area (Å²) in [7, 11) is 0. The third-order valence-corrected chi connectivity index (χ3v) is 2.74. The molecule has 0 saturated heterocycles. The van der Waals surface area contributed by atoms with Gasteiger partial charge in [-0.25, -0.2) is 0 Å². The molecule has 4 heteroatoms. The summed E-state index contributed by atoms with van der Waals surface area (Å²) in [6.07, 6.45) is 0.0385. The Kier molecular flexibility index (Phi) is 5.59. The Morgan fingerprint density at radius 1 is 1.12 bits per heavy atom. The highest BCUT2D eigenvalue weighted by molar-refractivity contribution is 6.31. The molecule has 1 unspecified atom stereocenters. The number of ether oxygens (including phenoxy) is 2. The lowest BCUT2D eigenvalue weighted by Crippen LogP contribution is -2.02. The van der Waals surface area contributed by atoms with Crippen LogP contribution in [0.4, 0.5) is 0 Å². The minimum absolute atomic E-state index is 0.506. The predicted octanol–water partition coefficient (Wildman–Crippen LogP) is 3.58. The number of aliphatic hydroxyl groups is 1. The van der Waals surface area contributed by atoms with E-state index >= 15 is 0 Å². The van der Waals surface area contributed by atoms with E-state index in [1.54, 1.807) is 12.1 Å². The van der Waals surface area contributed by atoms with E-state index in [2.05, 4.69) is 0 Å². The second-order valence-electron chi connectivity index (χ2n) is 3.61. The standard InChI is InChI=1S/C13H19ClO3/c1-4-11(15)9-7-12(16-5-2)13(17-6-3)8-10(9)14/h7-8,11,15H,4-6H2,1-3H3. The topological polar surface area (TPSA) is 38.7 Å². The van der Waals surface area contributed by atoms with Crippen molar-refractivity contribution in [3.05, 3.63) is 22.7 Å². The average molecular weight is 259 g/mol. The van der Waals surface area contributed by atoms with Crippen LogP contribution in [0.25, 0.3) is 0 Å². The van der Waals surface area contributed by atoms with Crippen LogP contribution in [0.5, 0.6) is 11.5 Å². The number of hydrogen-bond donors (Lipinski definition) is 1. The van der Waals surface area contributed by atoms with Crippen molar-refractivity contribution < 1.29 is 14.6 Å². The first-order chi connectivity index (χ1) is 8.13. The van der Waals surface area contributed by atoms with Crippen LogP contribution in [-0.2, 0) is 0 Å². The molecule has 0 spiro atoms. The van der Waals surface area contributed by atoms with E-state index in [1.807, 2.05) is 20.8 Å². The molecule has 17 heavy (non-hydrogen) atoms. The van der Waals surface area contributed by atoms with Gasteiger partial charge in [0.25, 0.3) is 0 Å². The molecule has 0 aromatic heterocycles. The first-order valence-corrected chi connectivity index (χ1v) is 6.28. The van der Waals surface area contributed by atoms with Gasteiger partial charge in [-0.05, 0) is 26.3 Å². The van der Waals surface area contributed by atoms with Crippen LogP contribution in [0.15, 0.2) is 12.1 Å². The van der Waals surface area contributed by atoms with Crippen LogP contribution in [0.2, 0.25) is 5.02 Å². The quantitative estimate of drug-likeness (QED) is 0.848. The van der Waals surface area contributed by atoms with Crippen LogP contribution >= 0.6 is 11.6 Å². The smallest absolute Gasteiger partial charge is 0.162 e. The molecule has 0 aliphatic rings. The zero-order chi connectivity index (χ0) is 12.8. The molecule has 1 N–H and O–H groups in total. The zero-order valence-electron chi connectivity index (χ0n) is 10.5. The highest BCUT2D eigenvalue weighted by Gasteiger charge is 2.15. The molecular weight excluding hydrogens is 240 g/mol. The van der Waals surface area contributed by atoms with Crippen LogP contribution in [-0.4, -0.2) is 18.3 Å². The molecule has 0 aliphatic heterocycles. The minimum Gasteiger partial charge on any atom is -0.490 e. The minimum atomic E-state index is -0.572. The monoisotopic (exact) mass is 258 g/mol. The summed E-state index contributed by atoms with van der Waals surface area (Å²) in [4.78, 5) is 0. The van der Waals surface area contributed by atoms with Crippen molar-refractivity contribution in [1.29, 1.82) is 0 Å². The Labute approximate surface area is 107 Å². The van der Waals surface area contributed by atoms with Gasteiger partial charge in [0.15, 0.2) is 11.5 Å². The summed E-state index contributed by atoms with van der Waals surface area (Å²) < 4.78 is 10.9. The summed E-state index contributed by atoms with van der Waals surface area (Å²) in [6.45, 7) is 6.80. The van der Waals surface area contributed by atoms with Crippen molar-refractivity contribution in [3.8, 4) is 11.5 Å². The van der Waals surface area contributed by atoms with E-state index in [9.17, 15) is 5.11 Å². The fourth-order valence-corrected chi connectivity index (χ4v) is 1.84. The third kappa shape index (κ3) is 3.51. The van der Waals surface area contributed by atoms with Gasteiger partial charge in [0, 0.05) is 11.6 Å². The van der Waals surface area contributed by atoms with Crippen molar-refractivity contribution >= 4 is 11.6 Å². The largest absolute Gasteiger partial charge is 0.490 e. The first kappa shape index (κ1) is 14.1. The van der Waals surface area contributed by atoms with Gasteiger partial charge in [-0.2, -0.15) is 0 Å². The van der Waals surface area contributed by atoms with Gasteiger partial charge in [-0.1, -0.05) is 18.5 Å². The van der Waals surface area contributed by atoms with E-state index in [4.69, 9.17) is 21.1 Å². The summed E-state index contributed by atoms with van der Waals surface area (Å²) in [5.74, 6) is 1.24. The lowest BCUT2D eigenvalue weighted by atomic mass is 10.1. The van der Waals surface area contributed by atoms with Gasteiger partial charge >= 0.3 is 0 Å². The molecule has 0 heterocycles. The molecule has 0 radical (unpaired) electrons. The number of hydrogen-bond acceptors (Lipinski definition) is 3. The Balaban J connectivity index is 3.14. The molecule has 1 rings (SSSR count). The molecule has 96 valence electrons. The molecule has 0 bridgehead atoms. The fourth-order valence-electron chi connectivity index (χ4n) is 1.56. The number of aliphatic hydroxyl groups excluding tert-OH is 1. The first-order valence-electron chi connectivity index (χ1n) is 5.91. The van der Waals surface area contributed by atoms with Crippen LogP contribution in [0.1, 0.15) is 38.9 Å². The fraction of sp³-hybridized carbons (Fsp3) is 0.538. The molecule has 0 aliphatic carbocycles. The van der Waals surface area contributed by atoms with Crippen LogP contribution in [0, 0.1) is 0 Å². The third-order valence-electron chi connectivity index (χ3n) is 2.41. The van der Waals surface area contributed by atoms with Gasteiger partial charge in [0.1, 0.15) is 0 Å². The summed E-state index contributed by atoms with van der Waals surface area (Å²) in [5, 5.41) is 10.3. The predicted molar refractivity (Wildman–Crippen MR) is 69.0 cm³/mol. The molecule has 1 aromatic rings. The maximum atomic E-state index is 9.84. The summed E-state index contributed by atoms with van der Waals surface area (Å²) in [6, 6.07) is 3.45. The molecule has 0 amide bonds. The van der Waals surface area contributed by atoms with E-state index in [1.165, 1.54) is 0 Å². The van der Waals surface area contributed by atoms with E-state index in [0.29, 0.717) is 41.7 Å². The number of benzene rings is 1. The van der Waals surface area contributed by atoms with Gasteiger partial charge in [-0.3, -0.25) is 0 Å². The molecular formula is C13H19ClO3. The van der Waals surface area contributed by atoms with Gasteiger partial charge < -0.3 is 14.6 Å². The zero-order valence-corrected chi connectivity index (χ0v) is 11.3. The Morgan fingerprint density at radius 2 is 1.65 bits per heavy atom. The molecule has 0 saturated carbocycles. The Morgan fingerprint density at radius 3 is 2.12 bits per heavy atom. The van der Waals surface area contributed by atoms with Crippen molar-refractivity contribution in [1.82, 2.24) is 0 Å². The average Bonchev–Trinajstić information content (AvgIpc) is 2.32.